The van der Waals surface area contributed by atoms with Crippen LogP contribution >= 0.6 is 0 Å². The van der Waals surface area contributed by atoms with E-state index in [1.807, 2.05) is 48.5 Å². The summed E-state index contributed by atoms with van der Waals surface area (Å²) in [5, 5.41) is 6.66. The highest BCUT2D eigenvalue weighted by atomic mass is 16.7. The molecule has 152 valence electrons. The Labute approximate surface area is 161 Å². The maximum atomic E-state index is 11.6. The Morgan fingerprint density at radius 1 is 1.19 bits per heavy atom. The number of carbonyl (C=O) groups excluding carboxylic acids is 1. The molecule has 0 atom stereocenters. The van der Waals surface area contributed by atoms with Gasteiger partial charge in [-0.2, -0.15) is 0 Å². The van der Waals surface area contributed by atoms with Gasteiger partial charge < -0.3 is 28.6 Å². The summed E-state index contributed by atoms with van der Waals surface area (Å²) in [5.41, 5.74) is -0.781. The first-order valence-corrected chi connectivity index (χ1v) is 9.24. The van der Waals surface area contributed by atoms with Gasteiger partial charge in [-0.1, -0.05) is 0 Å². The van der Waals surface area contributed by atoms with Crippen molar-refractivity contribution < 1.29 is 28.1 Å². The highest BCUT2D eigenvalue weighted by Gasteiger charge is 2.54. The molecule has 1 saturated heterocycles. The molecule has 0 spiro atoms. The van der Waals surface area contributed by atoms with Crippen molar-refractivity contribution >= 4 is 18.7 Å². The first kappa shape index (κ1) is 21.6. The third-order valence-electron chi connectivity index (χ3n) is 4.59. The molecular formula is C18H31BN2O6. The lowest BCUT2D eigenvalue weighted by Gasteiger charge is -2.32. The molecule has 1 aliphatic rings. The number of nitrogens with one attached hydrogen (secondary N) is 1. The molecule has 1 N–H and O–H groups in total. The molecule has 0 radical (unpaired) electrons. The molecule has 1 amide bonds. The van der Waals surface area contributed by atoms with Crippen molar-refractivity contribution in [1.29, 1.82) is 0 Å². The van der Waals surface area contributed by atoms with Gasteiger partial charge >= 0.3 is 13.2 Å². The first-order chi connectivity index (χ1) is 12.3. The van der Waals surface area contributed by atoms with E-state index in [2.05, 4.69) is 10.5 Å². The van der Waals surface area contributed by atoms with Gasteiger partial charge in [0.1, 0.15) is 11.4 Å². The average molecular weight is 382 g/mol. The average Bonchev–Trinajstić information content (AvgIpc) is 2.93. The Morgan fingerprint density at radius 2 is 1.78 bits per heavy atom. The van der Waals surface area contributed by atoms with Gasteiger partial charge in [-0.15, -0.1) is 0 Å². The van der Waals surface area contributed by atoms with Crippen LogP contribution in [0.4, 0.5) is 4.79 Å². The summed E-state index contributed by atoms with van der Waals surface area (Å²) in [6.45, 7) is 16.0. The summed E-state index contributed by atoms with van der Waals surface area (Å²) in [6.07, 6.45) is 0.145. The molecule has 2 rings (SSSR count). The highest BCUT2D eigenvalue weighted by molar-refractivity contribution is 6.63. The molecule has 0 aromatic carbocycles. The van der Waals surface area contributed by atoms with Crippen LogP contribution in [0.25, 0.3) is 0 Å². The molecule has 0 unspecified atom stereocenters. The van der Waals surface area contributed by atoms with Crippen LogP contribution in [0.1, 0.15) is 60.6 Å². The second-order valence-corrected chi connectivity index (χ2v) is 8.68. The highest BCUT2D eigenvalue weighted by Crippen LogP contribution is 2.37. The predicted molar refractivity (Wildman–Crippen MR) is 101 cm³/mol. The minimum absolute atomic E-state index is 0.350. The summed E-state index contributed by atoms with van der Waals surface area (Å²) in [4.78, 5) is 11.6. The van der Waals surface area contributed by atoms with Crippen LogP contribution in [0.15, 0.2) is 4.52 Å². The molecule has 8 nitrogen and oxygen atoms in total. The van der Waals surface area contributed by atoms with Crippen molar-refractivity contribution in [3.8, 4) is 5.88 Å². The lowest BCUT2D eigenvalue weighted by atomic mass is 9.79. The van der Waals surface area contributed by atoms with E-state index in [4.69, 9.17) is 23.3 Å². The van der Waals surface area contributed by atoms with Crippen LogP contribution < -0.4 is 15.5 Å². The fraction of sp³-hybridized carbons (Fsp3) is 0.778. The maximum Gasteiger partial charge on any atom is 0.504 e. The first-order valence-electron chi connectivity index (χ1n) is 9.24. The number of hydrogen-bond donors (Lipinski definition) is 1. The standard InChI is InChI=1S/C18H31BN2O6/c1-12-13(19-26-17(5,6)18(7,8)27-19)14(21-25-12)23-11-9-10-20-15(22)24-16(2,3)4/h9-11H2,1-8H3,(H,20,22). The molecule has 27 heavy (non-hydrogen) atoms. The largest absolute Gasteiger partial charge is 0.504 e. The lowest BCUT2D eigenvalue weighted by molar-refractivity contribution is 0.00578. The van der Waals surface area contributed by atoms with E-state index in [9.17, 15) is 4.79 Å². The van der Waals surface area contributed by atoms with E-state index in [1.54, 1.807) is 6.92 Å². The van der Waals surface area contributed by atoms with Crippen LogP contribution in [-0.2, 0) is 14.0 Å². The van der Waals surface area contributed by atoms with Gasteiger partial charge in [0.15, 0.2) is 0 Å². The zero-order valence-electron chi connectivity index (χ0n) is 17.6. The molecule has 0 bridgehead atoms. The van der Waals surface area contributed by atoms with E-state index in [-0.39, 0.29) is 0 Å². The van der Waals surface area contributed by atoms with E-state index < -0.39 is 30.0 Å². The van der Waals surface area contributed by atoms with Gasteiger partial charge in [0.2, 0.25) is 0 Å². The van der Waals surface area contributed by atoms with Crippen molar-refractivity contribution in [3.05, 3.63) is 5.76 Å². The zero-order valence-corrected chi connectivity index (χ0v) is 17.6. The topological polar surface area (TPSA) is 92.1 Å². The predicted octanol–water partition coefficient (Wildman–Crippen LogP) is 2.58. The molecule has 0 aliphatic carbocycles. The van der Waals surface area contributed by atoms with Crippen molar-refractivity contribution in [2.24, 2.45) is 0 Å². The Hall–Kier alpha value is -1.74. The van der Waals surface area contributed by atoms with Gasteiger partial charge in [-0.3, -0.25) is 0 Å². The fourth-order valence-electron chi connectivity index (χ4n) is 2.44. The number of aromatic nitrogens is 1. The van der Waals surface area contributed by atoms with Crippen LogP contribution in [0.2, 0.25) is 0 Å². The molecular weight excluding hydrogens is 351 g/mol. The van der Waals surface area contributed by atoms with Crippen molar-refractivity contribution in [2.75, 3.05) is 13.2 Å². The molecule has 2 heterocycles. The molecule has 0 saturated carbocycles. The smallest absolute Gasteiger partial charge is 0.476 e. The van der Waals surface area contributed by atoms with Crippen molar-refractivity contribution in [3.63, 3.8) is 0 Å². The minimum atomic E-state index is -0.601. The van der Waals surface area contributed by atoms with Crippen LogP contribution in [0, 0.1) is 6.92 Å². The third kappa shape index (κ3) is 5.38. The number of nitrogens with zero attached hydrogens (tertiary/aromatic N) is 1. The second-order valence-electron chi connectivity index (χ2n) is 8.68. The lowest BCUT2D eigenvalue weighted by Crippen LogP contribution is -2.41. The number of carbonyl (C=O) groups is 1. The normalized spacial score (nSPS) is 18.4. The Morgan fingerprint density at radius 3 is 2.33 bits per heavy atom. The molecule has 1 aromatic rings. The van der Waals surface area contributed by atoms with Crippen LogP contribution in [0.5, 0.6) is 5.88 Å². The number of alkyl carbamates (subject to hydrolysis) is 1. The van der Waals surface area contributed by atoms with Crippen LogP contribution in [-0.4, -0.2) is 48.3 Å². The quantitative estimate of drug-likeness (QED) is 0.597. The third-order valence-corrected chi connectivity index (χ3v) is 4.59. The Balaban J connectivity index is 1.86. The van der Waals surface area contributed by atoms with Gasteiger partial charge in [-0.25, -0.2) is 4.79 Å². The summed E-state index contributed by atoms with van der Waals surface area (Å²) in [7, 11) is -0.601. The molecule has 9 heteroatoms. The fourth-order valence-corrected chi connectivity index (χ4v) is 2.44. The van der Waals surface area contributed by atoms with Gasteiger partial charge in [0, 0.05) is 6.54 Å². The second kappa shape index (κ2) is 7.71. The minimum Gasteiger partial charge on any atom is -0.476 e. The zero-order chi connectivity index (χ0) is 20.5. The number of amides is 1. The van der Waals surface area contributed by atoms with E-state index in [0.29, 0.717) is 36.7 Å². The SMILES string of the molecule is Cc1onc(OCCCNC(=O)OC(C)(C)C)c1B1OC(C)(C)C(C)(C)O1. The van der Waals surface area contributed by atoms with E-state index >= 15 is 0 Å². The van der Waals surface area contributed by atoms with E-state index in [1.165, 1.54) is 0 Å². The monoisotopic (exact) mass is 382 g/mol. The molecule has 1 aromatic heterocycles. The van der Waals surface area contributed by atoms with Gasteiger partial charge in [0.05, 0.1) is 23.3 Å². The molecule has 1 aliphatic heterocycles. The Bertz CT molecular complexity index is 649. The number of rotatable bonds is 6. The van der Waals surface area contributed by atoms with E-state index in [0.717, 1.165) is 0 Å². The van der Waals surface area contributed by atoms with Gasteiger partial charge in [-0.05, 0) is 67.0 Å². The number of ether oxygens (including phenoxy) is 2. The van der Waals surface area contributed by atoms with Gasteiger partial charge in [0.25, 0.3) is 5.88 Å². The summed E-state index contributed by atoms with van der Waals surface area (Å²) < 4.78 is 28.3. The Kier molecular flexibility index (Phi) is 6.16. The summed E-state index contributed by atoms with van der Waals surface area (Å²) >= 11 is 0. The summed E-state index contributed by atoms with van der Waals surface area (Å²) in [5.74, 6) is 0.943. The molecule has 1 fully saturated rings. The number of aryl methyl sites for hydroxylation is 1. The number of hydrogen-bond acceptors (Lipinski definition) is 7. The summed E-state index contributed by atoms with van der Waals surface area (Å²) in [6, 6.07) is 0. The van der Waals surface area contributed by atoms with Crippen molar-refractivity contribution in [1.82, 2.24) is 10.5 Å². The van der Waals surface area contributed by atoms with Crippen LogP contribution in [0.3, 0.4) is 0 Å². The van der Waals surface area contributed by atoms with Crippen molar-refractivity contribution in [2.45, 2.75) is 78.6 Å². The maximum absolute atomic E-state index is 11.6.